The van der Waals surface area contributed by atoms with Gasteiger partial charge < -0.3 is 23.9 Å². The first kappa shape index (κ1) is 21.1. The molecule has 0 unspecified atom stereocenters. The first-order chi connectivity index (χ1) is 14.4. The summed E-state index contributed by atoms with van der Waals surface area (Å²) in [4.78, 5) is 37.1. The van der Waals surface area contributed by atoms with Crippen LogP contribution < -0.4 is 14.8 Å². The number of amides is 1. The molecule has 0 fully saturated rings. The molecule has 8 nitrogen and oxygen atoms in total. The Bertz CT molecular complexity index is 1070. The van der Waals surface area contributed by atoms with Gasteiger partial charge in [0.2, 0.25) is 0 Å². The lowest BCUT2D eigenvalue weighted by Gasteiger charge is -2.09. The van der Waals surface area contributed by atoms with E-state index in [2.05, 4.69) is 5.32 Å². The van der Waals surface area contributed by atoms with E-state index in [1.165, 1.54) is 32.6 Å². The van der Waals surface area contributed by atoms with Gasteiger partial charge in [0.1, 0.15) is 4.88 Å². The molecule has 0 atom stereocenters. The van der Waals surface area contributed by atoms with Crippen LogP contribution in [0, 0.1) is 6.92 Å². The minimum absolute atomic E-state index is 0.158. The Morgan fingerprint density at radius 2 is 1.83 bits per heavy atom. The molecule has 0 bridgehead atoms. The number of ether oxygens (including phenoxy) is 3. The third-order valence-electron chi connectivity index (χ3n) is 4.12. The van der Waals surface area contributed by atoms with E-state index in [0.29, 0.717) is 32.5 Å². The molecule has 0 saturated heterocycles. The van der Waals surface area contributed by atoms with Crippen molar-refractivity contribution in [1.82, 2.24) is 0 Å². The van der Waals surface area contributed by atoms with E-state index in [9.17, 15) is 14.4 Å². The lowest BCUT2D eigenvalue weighted by atomic mass is 10.1. The second kappa shape index (κ2) is 9.27. The number of aryl methyl sites for hydroxylation is 1. The highest BCUT2D eigenvalue weighted by atomic mass is 32.1. The summed E-state index contributed by atoms with van der Waals surface area (Å²) in [5.41, 5.74) is 0.952. The Labute approximate surface area is 176 Å². The van der Waals surface area contributed by atoms with Crippen LogP contribution in [0.3, 0.4) is 0 Å². The number of carbonyl (C=O) groups excluding carboxylic acids is 3. The molecule has 0 aliphatic rings. The third-order valence-corrected chi connectivity index (χ3v) is 5.26. The summed E-state index contributed by atoms with van der Waals surface area (Å²) in [6.45, 7) is 1.28. The molecule has 9 heteroatoms. The Hall–Kier alpha value is -3.59. The average Bonchev–Trinajstić information content (AvgIpc) is 3.41. The lowest BCUT2D eigenvalue weighted by molar-refractivity contribution is 0.0479. The van der Waals surface area contributed by atoms with Crippen LogP contribution in [-0.2, 0) is 4.74 Å². The van der Waals surface area contributed by atoms with Gasteiger partial charge in [-0.05, 0) is 48.9 Å². The van der Waals surface area contributed by atoms with Gasteiger partial charge in [-0.2, -0.15) is 0 Å². The zero-order valence-corrected chi connectivity index (χ0v) is 17.3. The van der Waals surface area contributed by atoms with Crippen LogP contribution in [-0.4, -0.2) is 38.5 Å². The summed E-state index contributed by atoms with van der Waals surface area (Å²) in [5.74, 6) is -0.407. The highest BCUT2D eigenvalue weighted by molar-refractivity contribution is 7.18. The van der Waals surface area contributed by atoms with Crippen molar-refractivity contribution in [2.24, 2.45) is 0 Å². The van der Waals surface area contributed by atoms with Gasteiger partial charge in [-0.15, -0.1) is 11.3 Å². The van der Waals surface area contributed by atoms with Crippen LogP contribution in [0.15, 0.2) is 47.1 Å². The van der Waals surface area contributed by atoms with Gasteiger partial charge in [-0.3, -0.25) is 9.59 Å². The molecule has 2 heterocycles. The lowest BCUT2D eigenvalue weighted by Crippen LogP contribution is -2.14. The Morgan fingerprint density at radius 3 is 2.50 bits per heavy atom. The molecule has 3 aromatic rings. The number of ketones is 1. The largest absolute Gasteiger partial charge is 0.493 e. The molecule has 0 saturated carbocycles. The smallest absolute Gasteiger partial charge is 0.349 e. The van der Waals surface area contributed by atoms with Gasteiger partial charge in [-0.1, -0.05) is 0 Å². The Kier molecular flexibility index (Phi) is 6.53. The zero-order chi connectivity index (χ0) is 21.7. The molecule has 0 aliphatic heterocycles. The van der Waals surface area contributed by atoms with Crippen molar-refractivity contribution in [3.8, 4) is 11.5 Å². The Morgan fingerprint density at radius 1 is 1.07 bits per heavy atom. The van der Waals surface area contributed by atoms with Crippen molar-refractivity contribution >= 4 is 34.0 Å². The number of nitrogens with one attached hydrogen (secondary N) is 1. The quantitative estimate of drug-likeness (QED) is 0.427. The second-order valence-electron chi connectivity index (χ2n) is 6.12. The molecule has 156 valence electrons. The monoisotopic (exact) mass is 429 g/mol. The van der Waals surface area contributed by atoms with Crippen LogP contribution in [0.1, 0.15) is 36.1 Å². The number of benzene rings is 1. The third kappa shape index (κ3) is 4.69. The summed E-state index contributed by atoms with van der Waals surface area (Å²) < 4.78 is 20.5. The first-order valence-corrected chi connectivity index (χ1v) is 9.62. The van der Waals surface area contributed by atoms with E-state index in [1.54, 1.807) is 31.2 Å². The van der Waals surface area contributed by atoms with Crippen molar-refractivity contribution in [2.75, 3.05) is 26.1 Å². The summed E-state index contributed by atoms with van der Waals surface area (Å²) >= 11 is 1.06. The summed E-state index contributed by atoms with van der Waals surface area (Å²) in [6, 6.07) is 9.48. The number of thiophene rings is 1. The van der Waals surface area contributed by atoms with Crippen LogP contribution in [0.5, 0.6) is 11.5 Å². The highest BCUT2D eigenvalue weighted by Crippen LogP contribution is 2.29. The summed E-state index contributed by atoms with van der Waals surface area (Å²) in [6.07, 6.45) is 1.40. The number of rotatable bonds is 8. The standard InChI is InChI=1S/C21H19NO7S/c1-12-9-18(22-20(24)16-5-4-8-28-16)30-19(12)21(25)29-11-14(23)13-6-7-15(26-2)17(10-13)27-3/h4-10H,11H2,1-3H3,(H,22,24). The molecular weight excluding hydrogens is 410 g/mol. The number of methoxy groups -OCH3 is 2. The number of furan rings is 1. The fourth-order valence-electron chi connectivity index (χ4n) is 2.62. The number of anilines is 1. The van der Waals surface area contributed by atoms with E-state index < -0.39 is 18.5 Å². The molecule has 1 N–H and O–H groups in total. The van der Waals surface area contributed by atoms with Gasteiger partial charge in [0, 0.05) is 5.56 Å². The number of carbonyl (C=O) groups is 3. The predicted octanol–water partition coefficient (Wildman–Crippen LogP) is 3.96. The Balaban J connectivity index is 1.63. The second-order valence-corrected chi connectivity index (χ2v) is 7.18. The van der Waals surface area contributed by atoms with E-state index in [1.807, 2.05) is 0 Å². The topological polar surface area (TPSA) is 104 Å². The molecule has 0 spiro atoms. The van der Waals surface area contributed by atoms with E-state index in [-0.39, 0.29) is 11.5 Å². The predicted molar refractivity (Wildman–Crippen MR) is 110 cm³/mol. The molecule has 30 heavy (non-hydrogen) atoms. The fraction of sp³-hybridized carbons (Fsp3) is 0.190. The van der Waals surface area contributed by atoms with Gasteiger partial charge in [0.15, 0.2) is 29.6 Å². The molecular formula is C21H19NO7S. The van der Waals surface area contributed by atoms with Crippen molar-refractivity contribution in [2.45, 2.75) is 6.92 Å². The maximum absolute atomic E-state index is 12.4. The molecule has 1 aromatic carbocycles. The number of hydrogen-bond donors (Lipinski definition) is 1. The first-order valence-electron chi connectivity index (χ1n) is 8.80. The number of Topliss-reactive ketones (excluding diaryl/α,β-unsaturated/α-hetero) is 1. The maximum atomic E-state index is 12.4. The van der Waals surface area contributed by atoms with Gasteiger partial charge in [0.25, 0.3) is 5.91 Å². The van der Waals surface area contributed by atoms with Crippen LogP contribution >= 0.6 is 11.3 Å². The van der Waals surface area contributed by atoms with E-state index in [0.717, 1.165) is 11.3 Å². The minimum atomic E-state index is -0.648. The SMILES string of the molecule is COc1ccc(C(=O)COC(=O)c2sc(NC(=O)c3ccco3)cc2C)cc1OC. The van der Waals surface area contributed by atoms with Crippen molar-refractivity contribution in [3.63, 3.8) is 0 Å². The van der Waals surface area contributed by atoms with E-state index >= 15 is 0 Å². The molecule has 1 amide bonds. The normalized spacial score (nSPS) is 10.4. The molecule has 3 rings (SSSR count). The number of hydrogen-bond acceptors (Lipinski definition) is 8. The van der Waals surface area contributed by atoms with Gasteiger partial charge >= 0.3 is 5.97 Å². The van der Waals surface area contributed by atoms with Crippen LogP contribution in [0.2, 0.25) is 0 Å². The van der Waals surface area contributed by atoms with Gasteiger partial charge in [-0.25, -0.2) is 4.79 Å². The minimum Gasteiger partial charge on any atom is -0.493 e. The molecule has 0 aliphatic carbocycles. The average molecular weight is 429 g/mol. The summed E-state index contributed by atoms with van der Waals surface area (Å²) in [5, 5.41) is 3.12. The van der Waals surface area contributed by atoms with Gasteiger partial charge in [0.05, 0.1) is 25.5 Å². The zero-order valence-electron chi connectivity index (χ0n) is 16.5. The summed E-state index contributed by atoms with van der Waals surface area (Å²) in [7, 11) is 2.96. The maximum Gasteiger partial charge on any atom is 0.349 e. The van der Waals surface area contributed by atoms with Crippen LogP contribution in [0.25, 0.3) is 0 Å². The van der Waals surface area contributed by atoms with Crippen molar-refractivity contribution in [3.05, 3.63) is 64.4 Å². The van der Waals surface area contributed by atoms with Crippen molar-refractivity contribution in [1.29, 1.82) is 0 Å². The number of esters is 1. The molecule has 2 aromatic heterocycles. The van der Waals surface area contributed by atoms with E-state index in [4.69, 9.17) is 18.6 Å². The highest BCUT2D eigenvalue weighted by Gasteiger charge is 2.19. The van der Waals surface area contributed by atoms with Crippen molar-refractivity contribution < 1.29 is 33.0 Å². The molecule has 0 radical (unpaired) electrons. The fourth-order valence-corrected chi connectivity index (χ4v) is 3.58. The van der Waals surface area contributed by atoms with Crippen LogP contribution in [0.4, 0.5) is 5.00 Å².